The van der Waals surface area contributed by atoms with Crippen LogP contribution in [0.1, 0.15) is 32.4 Å². The Morgan fingerprint density at radius 2 is 2.08 bits per heavy atom. The predicted molar refractivity (Wildman–Crippen MR) is 93.0 cm³/mol. The number of methoxy groups -OCH3 is 1. The summed E-state index contributed by atoms with van der Waals surface area (Å²) in [6.07, 6.45) is 1.22. The lowest BCUT2D eigenvalue weighted by Crippen LogP contribution is -2.24. The third kappa shape index (κ3) is 5.14. The van der Waals surface area contributed by atoms with Gasteiger partial charge in [-0.25, -0.2) is 9.59 Å². The highest BCUT2D eigenvalue weighted by molar-refractivity contribution is 5.88. The third-order valence-electron chi connectivity index (χ3n) is 3.67. The van der Waals surface area contributed by atoms with E-state index in [1.807, 2.05) is 0 Å². The van der Waals surface area contributed by atoms with Gasteiger partial charge in [-0.05, 0) is 36.3 Å². The number of ether oxygens (including phenoxy) is 2. The van der Waals surface area contributed by atoms with Crippen LogP contribution in [0.3, 0.4) is 0 Å². The van der Waals surface area contributed by atoms with E-state index in [4.69, 9.17) is 13.9 Å². The van der Waals surface area contributed by atoms with Gasteiger partial charge in [0, 0.05) is 6.07 Å². The van der Waals surface area contributed by atoms with Crippen molar-refractivity contribution in [3.05, 3.63) is 34.4 Å². The number of aromatic hydroxyl groups is 1. The molecule has 0 saturated carbocycles. The maximum absolute atomic E-state index is 12.0. The van der Waals surface area contributed by atoms with Gasteiger partial charge in [0.05, 0.1) is 20.3 Å². The number of phenolic OH excluding ortho intramolecular Hbond substituents is 1. The second-order valence-electron chi connectivity index (χ2n) is 6.14. The van der Waals surface area contributed by atoms with Crippen LogP contribution in [0.25, 0.3) is 10.8 Å². The average Bonchev–Trinajstić information content (AvgIpc) is 2.55. The van der Waals surface area contributed by atoms with Crippen LogP contribution >= 0.6 is 0 Å². The fourth-order valence-electron chi connectivity index (χ4n) is 2.40. The summed E-state index contributed by atoms with van der Waals surface area (Å²) in [6, 6.07) is 4.52. The van der Waals surface area contributed by atoms with Gasteiger partial charge in [0.1, 0.15) is 22.6 Å². The maximum atomic E-state index is 12.0. The van der Waals surface area contributed by atoms with Gasteiger partial charge in [-0.3, -0.25) is 0 Å². The molecule has 1 aromatic carbocycles. The van der Waals surface area contributed by atoms with Crippen LogP contribution in [-0.2, 0) is 11.3 Å². The van der Waals surface area contributed by atoms with E-state index >= 15 is 0 Å². The molecule has 0 atom stereocenters. The number of nitrogens with one attached hydrogen (secondary N) is 1. The van der Waals surface area contributed by atoms with Gasteiger partial charge in [0.25, 0.3) is 0 Å². The van der Waals surface area contributed by atoms with E-state index in [1.54, 1.807) is 12.1 Å². The van der Waals surface area contributed by atoms with Crippen LogP contribution in [0.2, 0.25) is 0 Å². The van der Waals surface area contributed by atoms with Crippen molar-refractivity contribution in [2.24, 2.45) is 5.92 Å². The van der Waals surface area contributed by atoms with Gasteiger partial charge >= 0.3 is 11.7 Å². The zero-order valence-corrected chi connectivity index (χ0v) is 14.6. The number of hydrogen-bond acceptors (Lipinski definition) is 6. The van der Waals surface area contributed by atoms with Gasteiger partial charge < -0.3 is 24.3 Å². The van der Waals surface area contributed by atoms with Crippen LogP contribution < -0.4 is 15.7 Å². The lowest BCUT2D eigenvalue weighted by molar-refractivity contribution is 0.141. The van der Waals surface area contributed by atoms with Gasteiger partial charge in [0.2, 0.25) is 0 Å². The number of carbonyl (C=O) groups is 1. The molecule has 0 unspecified atom stereocenters. The van der Waals surface area contributed by atoms with Crippen molar-refractivity contribution in [3.63, 3.8) is 0 Å². The largest absolute Gasteiger partial charge is 0.507 e. The monoisotopic (exact) mass is 349 g/mol. The van der Waals surface area contributed by atoms with Crippen LogP contribution in [0, 0.1) is 5.92 Å². The number of phenols is 1. The molecule has 1 heterocycles. The molecule has 0 radical (unpaired) electrons. The Morgan fingerprint density at radius 1 is 1.32 bits per heavy atom. The first kappa shape index (κ1) is 18.6. The van der Waals surface area contributed by atoms with Gasteiger partial charge in [-0.15, -0.1) is 0 Å². The fraction of sp³-hybridized carbons (Fsp3) is 0.444. The van der Waals surface area contributed by atoms with E-state index in [9.17, 15) is 14.7 Å². The summed E-state index contributed by atoms with van der Waals surface area (Å²) in [5, 5.41) is 13.0. The lowest BCUT2D eigenvalue weighted by Gasteiger charge is -2.09. The highest BCUT2D eigenvalue weighted by Crippen LogP contribution is 2.28. The summed E-state index contributed by atoms with van der Waals surface area (Å²) < 4.78 is 15.3. The molecule has 2 aromatic rings. The number of amides is 1. The molecule has 0 fully saturated rings. The Kier molecular flexibility index (Phi) is 6.27. The van der Waals surface area contributed by atoms with Gasteiger partial charge in [0.15, 0.2) is 0 Å². The van der Waals surface area contributed by atoms with Crippen molar-refractivity contribution in [1.29, 1.82) is 0 Å². The molecular weight excluding hydrogens is 326 g/mol. The zero-order valence-electron chi connectivity index (χ0n) is 14.6. The van der Waals surface area contributed by atoms with E-state index < -0.39 is 11.7 Å². The molecule has 136 valence electrons. The molecule has 1 amide bonds. The van der Waals surface area contributed by atoms with E-state index in [0.717, 1.165) is 12.8 Å². The lowest BCUT2D eigenvalue weighted by atomic mass is 10.1. The molecule has 0 bridgehead atoms. The van der Waals surface area contributed by atoms with E-state index in [-0.39, 0.29) is 23.4 Å². The molecule has 25 heavy (non-hydrogen) atoms. The van der Waals surface area contributed by atoms with Crippen molar-refractivity contribution >= 4 is 16.9 Å². The number of carbonyl (C=O) groups excluding carboxylic acids is 1. The second kappa shape index (κ2) is 8.41. The van der Waals surface area contributed by atoms with Crippen molar-refractivity contribution in [2.45, 2.75) is 33.2 Å². The molecule has 7 heteroatoms. The molecule has 0 aliphatic carbocycles. The average molecular weight is 349 g/mol. The van der Waals surface area contributed by atoms with Crippen molar-refractivity contribution in [2.75, 3.05) is 13.7 Å². The normalized spacial score (nSPS) is 10.9. The number of fused-ring (bicyclic) bond motifs is 1. The number of benzene rings is 1. The minimum atomic E-state index is -0.681. The van der Waals surface area contributed by atoms with Gasteiger partial charge in [-0.1, -0.05) is 13.8 Å². The molecule has 0 spiro atoms. The third-order valence-corrected chi connectivity index (χ3v) is 3.67. The fourth-order valence-corrected chi connectivity index (χ4v) is 2.40. The van der Waals surface area contributed by atoms with Crippen molar-refractivity contribution in [3.8, 4) is 11.5 Å². The minimum Gasteiger partial charge on any atom is -0.507 e. The first-order valence-electron chi connectivity index (χ1n) is 8.15. The van der Waals surface area contributed by atoms with Crippen LogP contribution in [0.4, 0.5) is 4.79 Å². The topological polar surface area (TPSA) is 98.0 Å². The first-order chi connectivity index (χ1) is 11.9. The summed E-state index contributed by atoms with van der Waals surface area (Å²) in [4.78, 5) is 23.7. The molecule has 0 saturated heterocycles. The summed E-state index contributed by atoms with van der Waals surface area (Å²) in [5.41, 5.74) is -0.681. The predicted octanol–water partition coefficient (Wildman–Crippen LogP) is 3.17. The summed E-state index contributed by atoms with van der Waals surface area (Å²) in [7, 11) is 1.46. The minimum absolute atomic E-state index is 0.00612. The summed E-state index contributed by atoms with van der Waals surface area (Å²) in [5.74, 6) is 1.02. The van der Waals surface area contributed by atoms with Crippen LogP contribution in [0.15, 0.2) is 27.4 Å². The Morgan fingerprint density at radius 3 is 2.76 bits per heavy atom. The Labute approximate surface area is 145 Å². The highest BCUT2D eigenvalue weighted by Gasteiger charge is 2.12. The van der Waals surface area contributed by atoms with E-state index in [0.29, 0.717) is 23.7 Å². The highest BCUT2D eigenvalue weighted by atomic mass is 16.5. The van der Waals surface area contributed by atoms with Crippen molar-refractivity contribution in [1.82, 2.24) is 5.32 Å². The zero-order chi connectivity index (χ0) is 18.4. The first-order valence-corrected chi connectivity index (χ1v) is 8.15. The smallest absolute Gasteiger partial charge is 0.407 e. The number of hydrogen-bond donors (Lipinski definition) is 2. The Hall–Kier alpha value is -2.70. The number of alkyl carbamates (subject to hydrolysis) is 1. The SMILES string of the molecule is COc1cc(O)c2c(=O)oc(CNC(=O)OCCCC(C)C)cc2c1. The van der Waals surface area contributed by atoms with Crippen molar-refractivity contribution < 1.29 is 23.8 Å². The molecule has 0 aliphatic heterocycles. The standard InChI is InChI=1S/C18H23NO6/c1-11(2)5-4-6-24-18(22)19-10-14-8-12-7-13(23-3)9-15(20)16(12)17(21)25-14/h7-9,11,20H,4-6,10H2,1-3H3,(H,19,22). The number of rotatable bonds is 7. The Balaban J connectivity index is 2.02. The van der Waals surface area contributed by atoms with Crippen LogP contribution in [-0.4, -0.2) is 24.9 Å². The van der Waals surface area contributed by atoms with Crippen LogP contribution in [0.5, 0.6) is 11.5 Å². The molecule has 1 aromatic heterocycles. The Bertz CT molecular complexity index is 796. The quantitative estimate of drug-likeness (QED) is 0.745. The maximum Gasteiger partial charge on any atom is 0.407 e. The second-order valence-corrected chi connectivity index (χ2v) is 6.14. The summed E-state index contributed by atoms with van der Waals surface area (Å²) >= 11 is 0. The molecule has 2 N–H and O–H groups in total. The molecule has 0 aliphatic rings. The van der Waals surface area contributed by atoms with E-state index in [2.05, 4.69) is 19.2 Å². The van der Waals surface area contributed by atoms with Gasteiger partial charge in [-0.2, -0.15) is 0 Å². The summed E-state index contributed by atoms with van der Waals surface area (Å²) in [6.45, 7) is 4.56. The molecule has 2 rings (SSSR count). The molecule has 7 nitrogen and oxygen atoms in total. The molecular formula is C18H23NO6. The van der Waals surface area contributed by atoms with E-state index in [1.165, 1.54) is 13.2 Å².